The first-order chi connectivity index (χ1) is 24.1. The van der Waals surface area contributed by atoms with Crippen molar-refractivity contribution in [2.75, 3.05) is 0 Å². The summed E-state index contributed by atoms with van der Waals surface area (Å²) in [5.41, 5.74) is 7.46. The highest BCUT2D eigenvalue weighted by Gasteiger charge is 2.41. The van der Waals surface area contributed by atoms with Crippen LogP contribution in [0.25, 0.3) is 22.5 Å². The molecule has 0 saturated carbocycles. The van der Waals surface area contributed by atoms with Crippen LogP contribution in [0.2, 0.25) is 0 Å². The summed E-state index contributed by atoms with van der Waals surface area (Å²) in [4.78, 5) is 6.34. The Morgan fingerprint density at radius 3 is 1.80 bits per heavy atom. The summed E-state index contributed by atoms with van der Waals surface area (Å²) < 4.78 is 2.94. The summed E-state index contributed by atoms with van der Waals surface area (Å²) in [6, 6.07) is 47.9. The third-order valence-electron chi connectivity index (χ3n) is 9.07. The van der Waals surface area contributed by atoms with Crippen molar-refractivity contribution in [3.05, 3.63) is 178 Å². The summed E-state index contributed by atoms with van der Waals surface area (Å²) in [5, 5.41) is 24.6. The normalized spacial score (nSPS) is 11.6. The van der Waals surface area contributed by atoms with Crippen LogP contribution in [0.4, 0.5) is 0 Å². The second kappa shape index (κ2) is 14.5. The van der Waals surface area contributed by atoms with Gasteiger partial charge < -0.3 is 9.67 Å². The molecule has 0 fully saturated rings. The smallest absolute Gasteiger partial charge is 0.205 e. The van der Waals surface area contributed by atoms with Crippen LogP contribution < -0.4 is 0 Å². The van der Waals surface area contributed by atoms with E-state index in [1.165, 1.54) is 0 Å². The Morgan fingerprint density at radius 2 is 1.24 bits per heavy atom. The van der Waals surface area contributed by atoms with E-state index in [1.807, 2.05) is 30.3 Å². The van der Waals surface area contributed by atoms with E-state index in [1.54, 1.807) is 4.80 Å². The molecule has 0 spiro atoms. The summed E-state index contributed by atoms with van der Waals surface area (Å²) in [5.74, 6) is 1.21. The van der Waals surface area contributed by atoms with Gasteiger partial charge in [-0.3, -0.25) is 0 Å². The number of hydrogen-bond acceptors (Lipinski definition) is 5. The van der Waals surface area contributed by atoms with Crippen LogP contribution >= 0.6 is 15.9 Å². The highest BCUT2D eigenvalue weighted by molar-refractivity contribution is 9.10. The Kier molecular flexibility index (Phi) is 9.59. The molecule has 0 amide bonds. The van der Waals surface area contributed by atoms with Gasteiger partial charge in [-0.25, -0.2) is 4.98 Å². The maximum atomic E-state index is 10.0. The number of aliphatic hydroxyl groups excluding tert-OH is 1. The first-order valence-electron chi connectivity index (χ1n) is 16.6. The number of unbranched alkanes of at least 4 members (excludes halogenated alkanes) is 1. The molecule has 0 aliphatic rings. The zero-order chi connectivity index (χ0) is 33.6. The largest absolute Gasteiger partial charge is 0.388 e. The van der Waals surface area contributed by atoms with E-state index >= 15 is 0 Å². The molecule has 0 saturated heterocycles. The highest BCUT2D eigenvalue weighted by Crippen LogP contribution is 2.40. The van der Waals surface area contributed by atoms with Crippen LogP contribution in [0.3, 0.4) is 0 Å². The van der Waals surface area contributed by atoms with E-state index in [0.717, 1.165) is 68.5 Å². The molecule has 5 aromatic carbocycles. The Morgan fingerprint density at radius 1 is 0.694 bits per heavy atom. The number of hydrogen-bond donors (Lipinski definition) is 1. The summed E-state index contributed by atoms with van der Waals surface area (Å²) in [7, 11) is 0. The van der Waals surface area contributed by atoms with Crippen molar-refractivity contribution in [2.45, 2.75) is 44.9 Å². The monoisotopic (exact) mass is 708 g/mol. The lowest BCUT2D eigenvalue weighted by Crippen LogP contribution is -2.39. The van der Waals surface area contributed by atoms with Crippen LogP contribution in [-0.2, 0) is 25.1 Å². The molecule has 0 radical (unpaired) electrons. The number of benzene rings is 5. The molecule has 0 bridgehead atoms. The molecule has 8 heteroatoms. The van der Waals surface area contributed by atoms with Crippen molar-refractivity contribution < 1.29 is 5.11 Å². The van der Waals surface area contributed by atoms with Gasteiger partial charge in [-0.1, -0.05) is 153 Å². The van der Waals surface area contributed by atoms with Gasteiger partial charge in [0.2, 0.25) is 5.82 Å². The van der Waals surface area contributed by atoms with Gasteiger partial charge in [-0.15, -0.1) is 15.0 Å². The summed E-state index contributed by atoms with van der Waals surface area (Å²) in [6.07, 6.45) is 3.06. The zero-order valence-corrected chi connectivity index (χ0v) is 28.9. The molecule has 0 aliphatic carbocycles. The number of aliphatic hydroxyl groups is 1. The number of nitrogens with zero attached hydrogens (tertiary/aromatic N) is 6. The minimum atomic E-state index is -0.850. The number of imidazole rings is 1. The maximum absolute atomic E-state index is 10.0. The zero-order valence-electron chi connectivity index (χ0n) is 27.3. The van der Waals surface area contributed by atoms with Gasteiger partial charge in [0, 0.05) is 12.1 Å². The van der Waals surface area contributed by atoms with Crippen molar-refractivity contribution in [1.82, 2.24) is 29.8 Å². The summed E-state index contributed by atoms with van der Waals surface area (Å²) in [6.45, 7) is 2.70. The van der Waals surface area contributed by atoms with Crippen LogP contribution in [0.15, 0.2) is 144 Å². The molecule has 0 atom stereocenters. The first-order valence-corrected chi connectivity index (χ1v) is 17.4. The second-order valence-electron chi connectivity index (χ2n) is 12.1. The molecule has 0 unspecified atom stereocenters. The van der Waals surface area contributed by atoms with Crippen molar-refractivity contribution in [3.63, 3.8) is 0 Å². The van der Waals surface area contributed by atoms with Gasteiger partial charge in [-0.2, -0.15) is 0 Å². The van der Waals surface area contributed by atoms with Crippen LogP contribution in [0.1, 0.15) is 53.5 Å². The van der Waals surface area contributed by atoms with E-state index in [2.05, 4.69) is 142 Å². The standard InChI is InChI=1S/C41H37BrN6O/c1-2-3-23-37-39(42)43-38(29-49)47(37)28-30-24-26-31(27-25-30)35-21-13-14-22-36(35)40-44-46-48(45-40)41(32-15-7-4-8-16-32,33-17-9-5-10-18-33)34-19-11-6-12-20-34/h4-22,24-27,49H,2-3,23,28-29H2,1H3. The van der Waals surface area contributed by atoms with Crippen LogP contribution in [0.5, 0.6) is 0 Å². The topological polar surface area (TPSA) is 81.7 Å². The van der Waals surface area contributed by atoms with Crippen molar-refractivity contribution in [1.29, 1.82) is 0 Å². The van der Waals surface area contributed by atoms with Crippen molar-refractivity contribution >= 4 is 15.9 Å². The average Bonchev–Trinajstić information content (AvgIpc) is 3.77. The number of aromatic nitrogens is 6. The summed E-state index contributed by atoms with van der Waals surface area (Å²) >= 11 is 3.62. The van der Waals surface area contributed by atoms with Gasteiger partial charge in [-0.05, 0) is 67.4 Å². The molecule has 2 heterocycles. The fraction of sp³-hybridized carbons (Fsp3) is 0.171. The van der Waals surface area contributed by atoms with Crippen LogP contribution in [-0.4, -0.2) is 34.9 Å². The molecular weight excluding hydrogens is 672 g/mol. The highest BCUT2D eigenvalue weighted by atomic mass is 79.9. The van der Waals surface area contributed by atoms with Gasteiger partial charge in [0.15, 0.2) is 5.54 Å². The van der Waals surface area contributed by atoms with E-state index < -0.39 is 5.54 Å². The molecule has 49 heavy (non-hydrogen) atoms. The SMILES string of the molecule is CCCCc1c(Br)nc(CO)n1Cc1ccc(-c2ccccc2-c2nnn(C(c3ccccc3)(c3ccccc3)c3ccccc3)n2)cc1. The number of tetrazole rings is 1. The third-order valence-corrected chi connectivity index (χ3v) is 9.71. The fourth-order valence-electron chi connectivity index (χ4n) is 6.65. The minimum Gasteiger partial charge on any atom is -0.388 e. The maximum Gasteiger partial charge on any atom is 0.205 e. The Bertz CT molecular complexity index is 2030. The molecule has 7 nitrogen and oxygen atoms in total. The van der Waals surface area contributed by atoms with Gasteiger partial charge in [0.25, 0.3) is 0 Å². The molecule has 7 aromatic rings. The molecule has 7 rings (SSSR count). The Labute approximate surface area is 295 Å². The number of rotatable bonds is 12. The molecular formula is C41H37BrN6O. The van der Waals surface area contributed by atoms with Gasteiger partial charge >= 0.3 is 0 Å². The van der Waals surface area contributed by atoms with E-state index in [0.29, 0.717) is 18.2 Å². The quantitative estimate of drug-likeness (QED) is 0.129. The molecule has 1 N–H and O–H groups in total. The van der Waals surface area contributed by atoms with Gasteiger partial charge in [0.05, 0.1) is 5.69 Å². The predicted octanol–water partition coefficient (Wildman–Crippen LogP) is 8.69. The Balaban J connectivity index is 1.28. The lowest BCUT2D eigenvalue weighted by atomic mass is 9.77. The number of halogens is 1. The first kappa shape index (κ1) is 32.4. The lowest BCUT2D eigenvalue weighted by molar-refractivity contribution is 0.265. The predicted molar refractivity (Wildman–Crippen MR) is 197 cm³/mol. The van der Waals surface area contributed by atoms with Crippen LogP contribution in [0, 0.1) is 0 Å². The van der Waals surface area contributed by atoms with Gasteiger partial charge in [0.1, 0.15) is 17.0 Å². The third kappa shape index (κ3) is 6.25. The molecule has 244 valence electrons. The Hall–Kier alpha value is -5.18. The van der Waals surface area contributed by atoms with E-state index in [9.17, 15) is 5.11 Å². The van der Waals surface area contributed by atoms with E-state index in [-0.39, 0.29) is 6.61 Å². The van der Waals surface area contributed by atoms with Crippen molar-refractivity contribution in [2.24, 2.45) is 0 Å². The fourth-order valence-corrected chi connectivity index (χ4v) is 7.26. The molecule has 0 aliphatic heterocycles. The average molecular weight is 710 g/mol. The minimum absolute atomic E-state index is 0.107. The van der Waals surface area contributed by atoms with Crippen molar-refractivity contribution in [3.8, 4) is 22.5 Å². The molecule has 2 aromatic heterocycles. The second-order valence-corrected chi connectivity index (χ2v) is 12.8. The van der Waals surface area contributed by atoms with E-state index in [4.69, 9.17) is 15.4 Å². The lowest BCUT2D eigenvalue weighted by Gasteiger charge is -2.34.